The van der Waals surface area contributed by atoms with Crippen LogP contribution in [-0.2, 0) is 0 Å². The number of nitrogens with zero attached hydrogens (tertiary/aromatic N) is 2. The minimum Gasteiger partial charge on any atom is -0.314 e. The molecule has 1 fully saturated rings. The fraction of sp³-hybridized carbons (Fsp3) is 0.909. The number of alkyl halides is 3. The molecule has 1 saturated heterocycles. The average molecular weight is 249 g/mol. The predicted molar refractivity (Wildman–Crippen MR) is 58.3 cm³/mol. The van der Waals surface area contributed by atoms with E-state index in [-0.39, 0.29) is 12.6 Å². The van der Waals surface area contributed by atoms with Crippen molar-refractivity contribution in [2.24, 2.45) is 5.92 Å². The molecule has 98 valence electrons. The van der Waals surface area contributed by atoms with Gasteiger partial charge in [0.1, 0.15) is 0 Å². The topological polar surface area (TPSA) is 39.1 Å². The van der Waals surface area contributed by atoms with E-state index >= 15 is 0 Å². The molecule has 0 aromatic carbocycles. The first-order valence-electron chi connectivity index (χ1n) is 5.86. The number of rotatable bonds is 5. The maximum atomic E-state index is 12.3. The Bertz CT molecular complexity index is 266. The maximum Gasteiger partial charge on any atom is 0.405 e. The molecule has 0 radical (unpaired) electrons. The van der Waals surface area contributed by atoms with Gasteiger partial charge in [0.2, 0.25) is 0 Å². The minimum atomic E-state index is -4.43. The highest BCUT2D eigenvalue weighted by atomic mass is 19.4. The molecule has 1 heterocycles. The summed E-state index contributed by atoms with van der Waals surface area (Å²) in [5.74, 6) is -1.91. The highest BCUT2D eigenvalue weighted by Crippen LogP contribution is 2.24. The summed E-state index contributed by atoms with van der Waals surface area (Å²) < 4.78 is 36.8. The smallest absolute Gasteiger partial charge is 0.314 e. The zero-order valence-electron chi connectivity index (χ0n) is 9.93. The van der Waals surface area contributed by atoms with Crippen molar-refractivity contribution >= 4 is 0 Å². The van der Waals surface area contributed by atoms with Gasteiger partial charge in [0.15, 0.2) is 5.92 Å². The van der Waals surface area contributed by atoms with E-state index < -0.39 is 12.1 Å². The lowest BCUT2D eigenvalue weighted by atomic mass is 10.1. The predicted octanol–water partition coefficient (Wildman–Crippen LogP) is 1.76. The molecule has 17 heavy (non-hydrogen) atoms. The molecule has 1 N–H and O–H groups in total. The van der Waals surface area contributed by atoms with Crippen molar-refractivity contribution in [1.82, 2.24) is 10.2 Å². The molecule has 0 aromatic heterocycles. The fourth-order valence-corrected chi connectivity index (χ4v) is 1.98. The molecule has 0 saturated carbocycles. The minimum absolute atomic E-state index is 0.227. The highest BCUT2D eigenvalue weighted by Gasteiger charge is 2.39. The van der Waals surface area contributed by atoms with Gasteiger partial charge in [-0.1, -0.05) is 0 Å². The van der Waals surface area contributed by atoms with E-state index in [1.54, 1.807) is 0 Å². The van der Waals surface area contributed by atoms with Crippen LogP contribution in [0.1, 0.15) is 19.8 Å². The van der Waals surface area contributed by atoms with Crippen LogP contribution >= 0.6 is 0 Å². The Morgan fingerprint density at radius 3 is 2.35 bits per heavy atom. The summed E-state index contributed by atoms with van der Waals surface area (Å²) in [6.45, 7) is 4.20. The van der Waals surface area contributed by atoms with E-state index in [4.69, 9.17) is 5.26 Å². The standard InChI is InChI=1S/C11H18F3N3/c1-9(17-4-2-3-5-17)7-16-8-10(6-15)11(12,13)14/h9-10,16H,2-5,7-8H2,1H3. The average Bonchev–Trinajstić information content (AvgIpc) is 2.75. The third-order valence-corrected chi connectivity index (χ3v) is 3.10. The SMILES string of the molecule is CC(CNCC(C#N)C(F)(F)F)N1CCCC1. The molecule has 0 bridgehead atoms. The molecule has 0 aliphatic carbocycles. The van der Waals surface area contributed by atoms with E-state index in [0.717, 1.165) is 25.9 Å². The van der Waals surface area contributed by atoms with Crippen LogP contribution < -0.4 is 5.32 Å². The zero-order chi connectivity index (χ0) is 12.9. The van der Waals surface area contributed by atoms with Crippen LogP contribution in [0.15, 0.2) is 0 Å². The number of hydrogen-bond donors (Lipinski definition) is 1. The van der Waals surface area contributed by atoms with Gasteiger partial charge >= 0.3 is 6.18 Å². The second-order valence-corrected chi connectivity index (χ2v) is 4.47. The van der Waals surface area contributed by atoms with Crippen LogP contribution in [0.5, 0.6) is 0 Å². The number of hydrogen-bond acceptors (Lipinski definition) is 3. The quantitative estimate of drug-likeness (QED) is 0.807. The van der Waals surface area contributed by atoms with Gasteiger partial charge in [-0.25, -0.2) is 0 Å². The number of halogens is 3. The molecule has 2 atom stereocenters. The van der Waals surface area contributed by atoms with Crippen LogP contribution in [-0.4, -0.2) is 43.3 Å². The molecular weight excluding hydrogens is 231 g/mol. The Labute approximate surface area is 99.6 Å². The van der Waals surface area contributed by atoms with E-state index in [2.05, 4.69) is 10.2 Å². The van der Waals surface area contributed by atoms with Crippen molar-refractivity contribution in [3.05, 3.63) is 0 Å². The van der Waals surface area contributed by atoms with Gasteiger partial charge in [-0.15, -0.1) is 0 Å². The highest BCUT2D eigenvalue weighted by molar-refractivity contribution is 4.90. The van der Waals surface area contributed by atoms with Gasteiger partial charge < -0.3 is 5.32 Å². The van der Waals surface area contributed by atoms with Gasteiger partial charge in [-0.3, -0.25) is 4.90 Å². The molecule has 1 aliphatic rings. The molecule has 0 amide bonds. The number of likely N-dealkylation sites (tertiary alicyclic amines) is 1. The first-order valence-corrected chi connectivity index (χ1v) is 5.86. The summed E-state index contributed by atoms with van der Waals surface area (Å²) in [7, 11) is 0. The first-order chi connectivity index (χ1) is 7.95. The Kier molecular flexibility index (Phi) is 5.22. The van der Waals surface area contributed by atoms with Crippen LogP contribution in [0.2, 0.25) is 0 Å². The lowest BCUT2D eigenvalue weighted by Crippen LogP contribution is -2.41. The summed E-state index contributed by atoms with van der Waals surface area (Å²) in [5.41, 5.74) is 0. The van der Waals surface area contributed by atoms with Crippen LogP contribution in [0, 0.1) is 17.2 Å². The largest absolute Gasteiger partial charge is 0.405 e. The van der Waals surface area contributed by atoms with Crippen molar-refractivity contribution in [2.45, 2.75) is 32.0 Å². The van der Waals surface area contributed by atoms with E-state index in [9.17, 15) is 13.2 Å². The van der Waals surface area contributed by atoms with Crippen LogP contribution in [0.4, 0.5) is 13.2 Å². The summed E-state index contributed by atoms with van der Waals surface area (Å²) in [6.07, 6.45) is -2.11. The second-order valence-electron chi connectivity index (χ2n) is 4.47. The molecule has 3 nitrogen and oxygen atoms in total. The van der Waals surface area contributed by atoms with Gasteiger partial charge in [0.05, 0.1) is 6.07 Å². The molecule has 1 aliphatic heterocycles. The maximum absolute atomic E-state index is 12.3. The van der Waals surface area contributed by atoms with Gasteiger partial charge in [0.25, 0.3) is 0 Å². The number of nitriles is 1. The summed E-state index contributed by atoms with van der Waals surface area (Å²) in [4.78, 5) is 2.25. The van der Waals surface area contributed by atoms with Crippen molar-refractivity contribution in [2.75, 3.05) is 26.2 Å². The summed E-state index contributed by atoms with van der Waals surface area (Å²) >= 11 is 0. The second kappa shape index (κ2) is 6.22. The number of nitrogens with one attached hydrogen (secondary N) is 1. The van der Waals surface area contributed by atoms with Crippen molar-refractivity contribution in [1.29, 1.82) is 5.26 Å². The van der Waals surface area contributed by atoms with Crippen molar-refractivity contribution < 1.29 is 13.2 Å². The molecule has 0 aromatic rings. The van der Waals surface area contributed by atoms with Crippen LogP contribution in [0.25, 0.3) is 0 Å². The first kappa shape index (κ1) is 14.3. The Morgan fingerprint density at radius 2 is 1.88 bits per heavy atom. The van der Waals surface area contributed by atoms with Crippen LogP contribution in [0.3, 0.4) is 0 Å². The van der Waals surface area contributed by atoms with E-state index in [1.165, 1.54) is 6.07 Å². The lowest BCUT2D eigenvalue weighted by molar-refractivity contribution is -0.157. The molecule has 6 heteroatoms. The monoisotopic (exact) mass is 249 g/mol. The summed E-state index contributed by atoms with van der Waals surface area (Å²) in [6, 6.07) is 1.51. The lowest BCUT2D eigenvalue weighted by Gasteiger charge is -2.24. The Morgan fingerprint density at radius 1 is 1.29 bits per heavy atom. The zero-order valence-corrected chi connectivity index (χ0v) is 9.93. The third kappa shape index (κ3) is 4.52. The molecule has 1 rings (SSSR count). The normalized spacial score (nSPS) is 21.1. The van der Waals surface area contributed by atoms with Gasteiger partial charge in [-0.05, 0) is 32.9 Å². The van der Waals surface area contributed by atoms with Crippen molar-refractivity contribution in [3.63, 3.8) is 0 Å². The van der Waals surface area contributed by atoms with Gasteiger partial charge in [0, 0.05) is 19.1 Å². The Hall–Kier alpha value is -0.800. The van der Waals surface area contributed by atoms with Gasteiger partial charge in [-0.2, -0.15) is 18.4 Å². The third-order valence-electron chi connectivity index (χ3n) is 3.10. The molecule has 2 unspecified atom stereocenters. The van der Waals surface area contributed by atoms with E-state index in [0.29, 0.717) is 6.54 Å². The molecule has 0 spiro atoms. The molecular formula is C11H18F3N3. The Balaban J connectivity index is 2.24. The van der Waals surface area contributed by atoms with E-state index in [1.807, 2.05) is 6.92 Å². The summed E-state index contributed by atoms with van der Waals surface area (Å²) in [5, 5.41) is 11.2. The fourth-order valence-electron chi connectivity index (χ4n) is 1.98. The van der Waals surface area contributed by atoms with Crippen molar-refractivity contribution in [3.8, 4) is 6.07 Å².